The molecule has 30 heavy (non-hydrogen) atoms. The van der Waals surface area contributed by atoms with E-state index in [1.54, 1.807) is 42.5 Å². The Hall–Kier alpha value is -4.05. The molecule has 7 heteroatoms. The summed E-state index contributed by atoms with van der Waals surface area (Å²) in [4.78, 5) is 25.0. The Morgan fingerprint density at radius 1 is 1.00 bits per heavy atom. The normalized spacial score (nSPS) is 11.3. The first kappa shape index (κ1) is 20.7. The maximum atomic E-state index is 13.7. The molecule has 1 amide bonds. The van der Waals surface area contributed by atoms with Crippen LogP contribution in [0.1, 0.15) is 22.8 Å². The average Bonchev–Trinajstić information content (AvgIpc) is 2.76. The molecule has 3 aromatic carbocycles. The molecule has 0 aliphatic rings. The lowest BCUT2D eigenvalue weighted by molar-refractivity contribution is -0.123. The fourth-order valence-corrected chi connectivity index (χ4v) is 2.82. The minimum absolute atomic E-state index is 0.164. The number of amides is 1. The van der Waals surface area contributed by atoms with Crippen molar-refractivity contribution in [2.45, 2.75) is 13.0 Å². The van der Waals surface area contributed by atoms with Crippen molar-refractivity contribution in [3.63, 3.8) is 0 Å². The number of halogens is 2. The number of nitrogens with one attached hydrogen (secondary N) is 1. The molecular formula is C23H16F2N2O3. The second-order valence-corrected chi connectivity index (χ2v) is 6.36. The predicted octanol–water partition coefficient (Wildman–Crippen LogP) is 4.69. The standard InChI is InChI=1S/C23H16F2N2O3/c1-14(22(28)27-21-12-16(24)10-11-20(21)25)30-23(29)19-9-5-4-8-18(19)17-7-3-2-6-15(17)13-26/h2-12,14H,1H3,(H,27,28)/t14-/m1/s1. The molecule has 1 atom stereocenters. The first-order valence-corrected chi connectivity index (χ1v) is 8.96. The van der Waals surface area contributed by atoms with Crippen molar-refractivity contribution in [2.75, 3.05) is 5.32 Å². The summed E-state index contributed by atoms with van der Waals surface area (Å²) < 4.78 is 32.2. The summed E-state index contributed by atoms with van der Waals surface area (Å²) in [6, 6.07) is 18.0. The van der Waals surface area contributed by atoms with E-state index in [0.717, 1.165) is 18.2 Å². The van der Waals surface area contributed by atoms with E-state index >= 15 is 0 Å². The highest BCUT2D eigenvalue weighted by molar-refractivity contribution is 6.01. The van der Waals surface area contributed by atoms with Gasteiger partial charge in [0.2, 0.25) is 0 Å². The van der Waals surface area contributed by atoms with Crippen LogP contribution >= 0.6 is 0 Å². The summed E-state index contributed by atoms with van der Waals surface area (Å²) in [7, 11) is 0. The van der Waals surface area contributed by atoms with Crippen molar-refractivity contribution in [2.24, 2.45) is 0 Å². The van der Waals surface area contributed by atoms with E-state index in [1.165, 1.54) is 13.0 Å². The van der Waals surface area contributed by atoms with Gasteiger partial charge in [0.1, 0.15) is 11.6 Å². The van der Waals surface area contributed by atoms with Crippen molar-refractivity contribution in [3.8, 4) is 17.2 Å². The lowest BCUT2D eigenvalue weighted by atomic mass is 9.96. The van der Waals surface area contributed by atoms with Crippen molar-refractivity contribution < 1.29 is 23.1 Å². The first-order valence-electron chi connectivity index (χ1n) is 8.96. The molecule has 0 fully saturated rings. The molecule has 0 saturated heterocycles. The van der Waals surface area contributed by atoms with E-state index in [0.29, 0.717) is 16.7 Å². The summed E-state index contributed by atoms with van der Waals surface area (Å²) in [5, 5.41) is 11.5. The van der Waals surface area contributed by atoms with Gasteiger partial charge in [0.15, 0.2) is 6.10 Å². The minimum atomic E-state index is -1.28. The van der Waals surface area contributed by atoms with Crippen molar-refractivity contribution in [1.29, 1.82) is 5.26 Å². The van der Waals surface area contributed by atoms with Gasteiger partial charge in [-0.3, -0.25) is 4.79 Å². The van der Waals surface area contributed by atoms with Crippen LogP contribution in [0.15, 0.2) is 66.7 Å². The zero-order chi connectivity index (χ0) is 21.7. The number of ether oxygens (including phenoxy) is 1. The Kier molecular flexibility index (Phi) is 6.18. The van der Waals surface area contributed by atoms with Crippen molar-refractivity contribution >= 4 is 17.6 Å². The summed E-state index contributed by atoms with van der Waals surface area (Å²) >= 11 is 0. The van der Waals surface area contributed by atoms with Crippen molar-refractivity contribution in [1.82, 2.24) is 0 Å². The summed E-state index contributed by atoms with van der Waals surface area (Å²) in [5.41, 5.74) is 1.21. The summed E-state index contributed by atoms with van der Waals surface area (Å²) in [6.45, 7) is 1.32. The number of hydrogen-bond acceptors (Lipinski definition) is 4. The van der Waals surface area contributed by atoms with E-state index in [4.69, 9.17) is 4.74 Å². The van der Waals surface area contributed by atoms with Crippen LogP contribution in [0.3, 0.4) is 0 Å². The number of rotatable bonds is 5. The van der Waals surface area contributed by atoms with Crippen LogP contribution in [0.25, 0.3) is 11.1 Å². The fraction of sp³-hybridized carbons (Fsp3) is 0.0870. The lowest BCUT2D eigenvalue weighted by Gasteiger charge is -2.16. The molecule has 3 rings (SSSR count). The second kappa shape index (κ2) is 8.97. The second-order valence-electron chi connectivity index (χ2n) is 6.36. The minimum Gasteiger partial charge on any atom is -0.449 e. The highest BCUT2D eigenvalue weighted by Gasteiger charge is 2.22. The predicted molar refractivity (Wildman–Crippen MR) is 106 cm³/mol. The molecule has 0 bridgehead atoms. The molecule has 0 aliphatic heterocycles. The highest BCUT2D eigenvalue weighted by Crippen LogP contribution is 2.27. The van der Waals surface area contributed by atoms with Crippen LogP contribution in [0.4, 0.5) is 14.5 Å². The highest BCUT2D eigenvalue weighted by atomic mass is 19.1. The van der Waals surface area contributed by atoms with Crippen LogP contribution in [0.5, 0.6) is 0 Å². The zero-order valence-corrected chi connectivity index (χ0v) is 15.9. The van der Waals surface area contributed by atoms with E-state index in [2.05, 4.69) is 11.4 Å². The molecule has 0 spiro atoms. The number of esters is 1. The monoisotopic (exact) mass is 406 g/mol. The third-order valence-electron chi connectivity index (χ3n) is 4.32. The summed E-state index contributed by atoms with van der Waals surface area (Å²) in [6.07, 6.45) is -1.28. The molecule has 150 valence electrons. The molecule has 0 aliphatic carbocycles. The van der Waals surface area contributed by atoms with Gasteiger partial charge < -0.3 is 10.1 Å². The maximum Gasteiger partial charge on any atom is 0.339 e. The van der Waals surface area contributed by atoms with Gasteiger partial charge >= 0.3 is 5.97 Å². The molecular weight excluding hydrogens is 390 g/mol. The van der Waals surface area contributed by atoms with Gasteiger partial charge in [0.25, 0.3) is 5.91 Å². The van der Waals surface area contributed by atoms with Gasteiger partial charge in [-0.15, -0.1) is 0 Å². The van der Waals surface area contributed by atoms with E-state index in [9.17, 15) is 23.6 Å². The molecule has 0 saturated carbocycles. The van der Waals surface area contributed by atoms with Gasteiger partial charge in [0.05, 0.1) is 22.9 Å². The van der Waals surface area contributed by atoms with Crippen LogP contribution in [-0.2, 0) is 9.53 Å². The number of carbonyl (C=O) groups excluding carboxylic acids is 2. The Bertz CT molecular complexity index is 1160. The van der Waals surface area contributed by atoms with E-state index in [-0.39, 0.29) is 11.3 Å². The van der Waals surface area contributed by atoms with Gasteiger partial charge in [0, 0.05) is 11.6 Å². The fourth-order valence-electron chi connectivity index (χ4n) is 2.82. The van der Waals surface area contributed by atoms with Gasteiger partial charge in [-0.05, 0) is 36.8 Å². The van der Waals surface area contributed by atoms with E-state index in [1.807, 2.05) is 0 Å². The third kappa shape index (κ3) is 4.50. The van der Waals surface area contributed by atoms with Crippen LogP contribution in [0, 0.1) is 23.0 Å². The van der Waals surface area contributed by atoms with Crippen LogP contribution in [0.2, 0.25) is 0 Å². The number of nitriles is 1. The molecule has 0 radical (unpaired) electrons. The summed E-state index contributed by atoms with van der Waals surface area (Å²) in [5.74, 6) is -3.15. The molecule has 5 nitrogen and oxygen atoms in total. The number of carbonyl (C=O) groups is 2. The topological polar surface area (TPSA) is 79.2 Å². The van der Waals surface area contributed by atoms with Crippen LogP contribution in [-0.4, -0.2) is 18.0 Å². The molecule has 1 N–H and O–H groups in total. The SMILES string of the molecule is C[C@@H](OC(=O)c1ccccc1-c1ccccc1C#N)C(=O)Nc1cc(F)ccc1F. The number of benzene rings is 3. The maximum absolute atomic E-state index is 13.7. The average molecular weight is 406 g/mol. The molecule has 0 heterocycles. The third-order valence-corrected chi connectivity index (χ3v) is 4.32. The molecule has 0 aromatic heterocycles. The number of nitrogens with zero attached hydrogens (tertiary/aromatic N) is 1. The quantitative estimate of drug-likeness (QED) is 0.624. The number of anilines is 1. The molecule has 3 aromatic rings. The Labute approximate surface area is 171 Å². The van der Waals surface area contributed by atoms with Gasteiger partial charge in [-0.2, -0.15) is 5.26 Å². The number of hydrogen-bond donors (Lipinski definition) is 1. The lowest BCUT2D eigenvalue weighted by Crippen LogP contribution is -2.30. The Balaban J connectivity index is 1.80. The zero-order valence-electron chi connectivity index (χ0n) is 15.9. The van der Waals surface area contributed by atoms with Gasteiger partial charge in [-0.1, -0.05) is 36.4 Å². The smallest absolute Gasteiger partial charge is 0.339 e. The Morgan fingerprint density at radius 3 is 2.40 bits per heavy atom. The molecule has 0 unspecified atom stereocenters. The largest absolute Gasteiger partial charge is 0.449 e. The van der Waals surface area contributed by atoms with Crippen molar-refractivity contribution in [3.05, 3.63) is 89.5 Å². The van der Waals surface area contributed by atoms with Gasteiger partial charge in [-0.25, -0.2) is 13.6 Å². The Morgan fingerprint density at radius 2 is 1.67 bits per heavy atom. The van der Waals surface area contributed by atoms with Crippen LogP contribution < -0.4 is 5.32 Å². The first-order chi connectivity index (χ1) is 14.4. The van der Waals surface area contributed by atoms with E-state index < -0.39 is 29.6 Å².